The number of benzene rings is 3. The Labute approximate surface area is 222 Å². The highest BCUT2D eigenvalue weighted by molar-refractivity contribution is 9.10. The minimum atomic E-state index is -0.639. The van der Waals surface area contributed by atoms with Crippen LogP contribution >= 0.6 is 15.9 Å². The third-order valence-electron chi connectivity index (χ3n) is 5.54. The minimum Gasteiger partial charge on any atom is -0.481 e. The van der Waals surface area contributed by atoms with E-state index in [0.717, 1.165) is 14.5 Å². The molecule has 2 heterocycles. The fraction of sp³-hybridized carbons (Fsp3) is 0.0769. The first kappa shape index (κ1) is 24.8. The van der Waals surface area contributed by atoms with Crippen LogP contribution in [0.5, 0.6) is 5.75 Å². The summed E-state index contributed by atoms with van der Waals surface area (Å²) in [5.74, 6) is -0.0966. The molecule has 0 N–H and O–H groups in total. The molecule has 0 aliphatic heterocycles. The summed E-state index contributed by atoms with van der Waals surface area (Å²) in [5.41, 5.74) is 0.467. The number of nitrogens with zero attached hydrogens (tertiary/aromatic N) is 4. The van der Waals surface area contributed by atoms with Gasteiger partial charge in [0.15, 0.2) is 12.4 Å². The van der Waals surface area contributed by atoms with Gasteiger partial charge in [-0.25, -0.2) is 9.78 Å². The first-order chi connectivity index (χ1) is 18.3. The van der Waals surface area contributed by atoms with Crippen molar-refractivity contribution in [2.45, 2.75) is 0 Å². The Morgan fingerprint density at radius 3 is 2.79 bits per heavy atom. The standard InChI is InChI=1S/C26H17BrN4O7/c1-36-24(32)14-37-21-9-7-18(31(34)35)11-16(21)13-28-30-25(29-20-5-3-2-4-19(20)26(30)33)23-12-15-10-17(27)6-8-22(15)38-23/h2-13H,14H2,1H3. The molecule has 0 aliphatic carbocycles. The molecule has 5 aromatic rings. The number of nitro benzene ring substituents is 1. The van der Waals surface area contributed by atoms with Crippen LogP contribution in [0.4, 0.5) is 5.69 Å². The molecule has 0 fully saturated rings. The molecule has 0 radical (unpaired) electrons. The average Bonchev–Trinajstić information content (AvgIpc) is 3.34. The summed E-state index contributed by atoms with van der Waals surface area (Å²) in [6.07, 6.45) is 1.22. The lowest BCUT2D eigenvalue weighted by Gasteiger charge is -2.09. The monoisotopic (exact) mass is 576 g/mol. The van der Waals surface area contributed by atoms with Gasteiger partial charge in [0.1, 0.15) is 11.3 Å². The summed E-state index contributed by atoms with van der Waals surface area (Å²) in [7, 11) is 1.21. The first-order valence-corrected chi connectivity index (χ1v) is 11.9. The topological polar surface area (TPSA) is 139 Å². The molecule has 0 unspecified atom stereocenters. The van der Waals surface area contributed by atoms with Gasteiger partial charge in [0, 0.05) is 27.6 Å². The van der Waals surface area contributed by atoms with Gasteiger partial charge >= 0.3 is 5.97 Å². The molecule has 0 atom stereocenters. The van der Waals surface area contributed by atoms with Crippen molar-refractivity contribution >= 4 is 55.7 Å². The Kier molecular flexibility index (Phi) is 6.71. The number of halogens is 1. The largest absolute Gasteiger partial charge is 0.481 e. The molecule has 190 valence electrons. The number of furan rings is 1. The van der Waals surface area contributed by atoms with Gasteiger partial charge in [0.25, 0.3) is 11.2 Å². The van der Waals surface area contributed by atoms with Crippen molar-refractivity contribution in [3.8, 4) is 17.3 Å². The smallest absolute Gasteiger partial charge is 0.343 e. The van der Waals surface area contributed by atoms with Gasteiger partial charge in [-0.15, -0.1) is 0 Å². The molecule has 0 saturated carbocycles. The summed E-state index contributed by atoms with van der Waals surface area (Å²) in [6, 6.07) is 17.8. The zero-order valence-corrected chi connectivity index (χ0v) is 21.2. The quantitative estimate of drug-likeness (QED) is 0.115. The van der Waals surface area contributed by atoms with E-state index in [9.17, 15) is 19.7 Å². The van der Waals surface area contributed by atoms with Crippen LogP contribution in [0.3, 0.4) is 0 Å². The maximum Gasteiger partial charge on any atom is 0.343 e. The predicted octanol–water partition coefficient (Wildman–Crippen LogP) is 4.91. The van der Waals surface area contributed by atoms with Gasteiger partial charge in [-0.05, 0) is 42.5 Å². The van der Waals surface area contributed by atoms with Crippen molar-refractivity contribution in [3.05, 3.63) is 97.2 Å². The Morgan fingerprint density at radius 1 is 1.18 bits per heavy atom. The molecule has 11 nitrogen and oxygen atoms in total. The number of para-hydroxylation sites is 1. The second-order valence-corrected chi connectivity index (χ2v) is 8.87. The zero-order chi connectivity index (χ0) is 26.8. The SMILES string of the molecule is COC(=O)COc1ccc([N+](=O)[O-])cc1C=Nn1c(-c2cc3cc(Br)ccc3o2)nc2ccccc2c1=O. The number of carbonyl (C=O) groups is 1. The highest BCUT2D eigenvalue weighted by Crippen LogP contribution is 2.29. The summed E-state index contributed by atoms with van der Waals surface area (Å²) in [4.78, 5) is 40.4. The average molecular weight is 577 g/mol. The normalized spacial score (nSPS) is 11.3. The number of hydrogen-bond acceptors (Lipinski definition) is 9. The number of nitro groups is 1. The van der Waals surface area contributed by atoms with Crippen LogP contribution in [-0.2, 0) is 9.53 Å². The fourth-order valence-corrected chi connectivity index (χ4v) is 4.09. The van der Waals surface area contributed by atoms with E-state index < -0.39 is 23.1 Å². The number of carbonyl (C=O) groups excluding carboxylic acids is 1. The maximum atomic E-state index is 13.5. The van der Waals surface area contributed by atoms with Crippen LogP contribution in [0.2, 0.25) is 0 Å². The van der Waals surface area contributed by atoms with E-state index in [-0.39, 0.29) is 22.8 Å². The molecule has 5 rings (SSSR count). The first-order valence-electron chi connectivity index (χ1n) is 11.1. The number of esters is 1. The van der Waals surface area contributed by atoms with Gasteiger partial charge in [-0.1, -0.05) is 28.1 Å². The van der Waals surface area contributed by atoms with E-state index >= 15 is 0 Å². The van der Waals surface area contributed by atoms with Crippen molar-refractivity contribution in [3.63, 3.8) is 0 Å². The molecule has 0 spiro atoms. The molecule has 0 bridgehead atoms. The molecular formula is C26H17BrN4O7. The number of ether oxygens (including phenoxy) is 2. The van der Waals surface area contributed by atoms with E-state index in [1.807, 2.05) is 12.1 Å². The summed E-state index contributed by atoms with van der Waals surface area (Å²) < 4.78 is 17.9. The zero-order valence-electron chi connectivity index (χ0n) is 19.7. The third kappa shape index (κ3) is 4.89. The number of non-ortho nitro benzene ring substituents is 1. The van der Waals surface area contributed by atoms with Crippen LogP contribution < -0.4 is 10.3 Å². The van der Waals surface area contributed by atoms with E-state index in [1.54, 1.807) is 36.4 Å². The van der Waals surface area contributed by atoms with Crippen molar-refractivity contribution < 1.29 is 23.6 Å². The minimum absolute atomic E-state index is 0.125. The van der Waals surface area contributed by atoms with Crippen LogP contribution in [0.1, 0.15) is 5.56 Å². The number of hydrogen-bond donors (Lipinski definition) is 0. The fourth-order valence-electron chi connectivity index (χ4n) is 3.71. The second kappa shape index (κ2) is 10.3. The highest BCUT2D eigenvalue weighted by Gasteiger charge is 2.18. The molecule has 3 aromatic carbocycles. The van der Waals surface area contributed by atoms with Gasteiger partial charge in [0.2, 0.25) is 5.82 Å². The van der Waals surface area contributed by atoms with Gasteiger partial charge in [0.05, 0.1) is 29.2 Å². The van der Waals surface area contributed by atoms with Crippen molar-refractivity contribution in [1.82, 2.24) is 9.66 Å². The number of fused-ring (bicyclic) bond motifs is 2. The molecule has 12 heteroatoms. The van der Waals surface area contributed by atoms with E-state index in [4.69, 9.17) is 9.15 Å². The molecule has 0 amide bonds. The molecule has 38 heavy (non-hydrogen) atoms. The third-order valence-corrected chi connectivity index (χ3v) is 6.04. The Bertz CT molecular complexity index is 1810. The predicted molar refractivity (Wildman–Crippen MR) is 143 cm³/mol. The van der Waals surface area contributed by atoms with Crippen LogP contribution in [0.15, 0.2) is 85.5 Å². The van der Waals surface area contributed by atoms with E-state index in [0.29, 0.717) is 22.2 Å². The summed E-state index contributed by atoms with van der Waals surface area (Å²) in [6.45, 7) is -0.424. The Balaban J connectivity index is 1.67. The number of methoxy groups -OCH3 is 1. The molecule has 2 aromatic heterocycles. The summed E-state index contributed by atoms with van der Waals surface area (Å²) >= 11 is 3.43. The highest BCUT2D eigenvalue weighted by atomic mass is 79.9. The lowest BCUT2D eigenvalue weighted by atomic mass is 10.2. The molecular weight excluding hydrogens is 560 g/mol. The maximum absolute atomic E-state index is 13.5. The van der Waals surface area contributed by atoms with Crippen LogP contribution in [-0.4, -0.2) is 40.5 Å². The Hall–Kier alpha value is -4.84. The van der Waals surface area contributed by atoms with Gasteiger partial charge < -0.3 is 13.9 Å². The number of rotatable bonds is 7. The molecule has 0 saturated heterocycles. The van der Waals surface area contributed by atoms with Crippen LogP contribution in [0.25, 0.3) is 33.5 Å². The summed E-state index contributed by atoms with van der Waals surface area (Å²) in [5, 5.41) is 16.8. The van der Waals surface area contributed by atoms with Crippen molar-refractivity contribution in [2.24, 2.45) is 5.10 Å². The van der Waals surface area contributed by atoms with Crippen molar-refractivity contribution in [1.29, 1.82) is 0 Å². The molecule has 0 aliphatic rings. The van der Waals surface area contributed by atoms with E-state index in [2.05, 4.69) is 30.8 Å². The van der Waals surface area contributed by atoms with Crippen molar-refractivity contribution in [2.75, 3.05) is 13.7 Å². The Morgan fingerprint density at radius 2 is 2.00 bits per heavy atom. The van der Waals surface area contributed by atoms with Crippen LogP contribution in [0, 0.1) is 10.1 Å². The number of aromatic nitrogens is 2. The lowest BCUT2D eigenvalue weighted by Crippen LogP contribution is -2.20. The van der Waals surface area contributed by atoms with E-state index in [1.165, 1.54) is 31.5 Å². The van der Waals surface area contributed by atoms with Gasteiger partial charge in [-0.2, -0.15) is 9.78 Å². The second-order valence-electron chi connectivity index (χ2n) is 7.95. The lowest BCUT2D eigenvalue weighted by molar-refractivity contribution is -0.384. The van der Waals surface area contributed by atoms with Gasteiger partial charge in [-0.3, -0.25) is 14.9 Å².